The molecular weight excluding hydrogens is 360 g/mol. The molecule has 1 aliphatic rings. The van der Waals surface area contributed by atoms with Crippen molar-refractivity contribution in [3.63, 3.8) is 0 Å². The number of hydrogen-bond acceptors (Lipinski definition) is 5. The molecule has 0 atom stereocenters. The van der Waals surface area contributed by atoms with Gasteiger partial charge in [-0.3, -0.25) is 4.98 Å². The smallest absolute Gasteiger partial charge is 0.248 e. The molecule has 2 aromatic rings. The Bertz CT molecular complexity index is 788. The molecule has 1 saturated heterocycles. The van der Waals surface area contributed by atoms with E-state index in [0.717, 1.165) is 4.47 Å². The summed E-state index contributed by atoms with van der Waals surface area (Å²) in [5, 5.41) is 10.7. The molecule has 0 spiro atoms. The number of nitrogens with zero attached hydrogens (tertiary/aromatic N) is 2. The predicted molar refractivity (Wildman–Crippen MR) is 80.7 cm³/mol. The molecule has 2 heterocycles. The third kappa shape index (κ3) is 2.64. The van der Waals surface area contributed by atoms with Gasteiger partial charge in [0.05, 0.1) is 24.9 Å². The molecule has 1 aliphatic heterocycles. The van der Waals surface area contributed by atoms with Crippen LogP contribution in [0.3, 0.4) is 0 Å². The lowest BCUT2D eigenvalue weighted by molar-refractivity contribution is 0.0729. The lowest BCUT2D eigenvalue weighted by Gasteiger charge is -2.26. The van der Waals surface area contributed by atoms with Crippen molar-refractivity contribution in [1.82, 2.24) is 9.29 Å². The fourth-order valence-corrected chi connectivity index (χ4v) is 4.06. The molecule has 0 unspecified atom stereocenters. The molecule has 1 aromatic carbocycles. The minimum absolute atomic E-state index is 0.171. The summed E-state index contributed by atoms with van der Waals surface area (Å²) in [4.78, 5) is 3.96. The average molecular weight is 373 g/mol. The van der Waals surface area contributed by atoms with E-state index in [1.54, 1.807) is 18.2 Å². The SMILES string of the molecule is O=S(=O)(c1cnc2ccc(Br)cc2c1O)N1CCOCC1. The van der Waals surface area contributed by atoms with Crippen molar-refractivity contribution in [2.75, 3.05) is 26.3 Å². The van der Waals surface area contributed by atoms with Gasteiger partial charge in [0.2, 0.25) is 10.0 Å². The molecule has 1 fully saturated rings. The molecule has 1 aromatic heterocycles. The van der Waals surface area contributed by atoms with Gasteiger partial charge in [-0.25, -0.2) is 8.42 Å². The Balaban J connectivity index is 2.13. The Kier molecular flexibility index (Phi) is 3.87. The highest BCUT2D eigenvalue weighted by Crippen LogP contribution is 2.33. The zero-order chi connectivity index (χ0) is 15.0. The maximum Gasteiger partial charge on any atom is 0.248 e. The first-order valence-corrected chi connectivity index (χ1v) is 8.58. The van der Waals surface area contributed by atoms with E-state index in [2.05, 4.69) is 20.9 Å². The van der Waals surface area contributed by atoms with E-state index in [4.69, 9.17) is 4.74 Å². The van der Waals surface area contributed by atoms with E-state index < -0.39 is 10.0 Å². The van der Waals surface area contributed by atoms with E-state index in [1.807, 2.05) is 0 Å². The van der Waals surface area contributed by atoms with Gasteiger partial charge in [-0.05, 0) is 18.2 Å². The molecule has 112 valence electrons. The summed E-state index contributed by atoms with van der Waals surface area (Å²) < 4.78 is 32.4. The third-order valence-electron chi connectivity index (χ3n) is 3.36. The Hall–Kier alpha value is -1.22. The second kappa shape index (κ2) is 5.53. The number of aromatic nitrogens is 1. The highest BCUT2D eigenvalue weighted by atomic mass is 79.9. The first-order chi connectivity index (χ1) is 10.00. The number of rotatable bonds is 2. The molecule has 6 nitrogen and oxygen atoms in total. The number of hydrogen-bond donors (Lipinski definition) is 1. The first-order valence-electron chi connectivity index (χ1n) is 6.35. The lowest BCUT2D eigenvalue weighted by Crippen LogP contribution is -2.40. The number of sulfonamides is 1. The second-order valence-corrected chi connectivity index (χ2v) is 7.47. The summed E-state index contributed by atoms with van der Waals surface area (Å²) in [6.45, 7) is 1.26. The number of halogens is 1. The largest absolute Gasteiger partial charge is 0.506 e. The molecule has 8 heteroatoms. The van der Waals surface area contributed by atoms with Crippen LogP contribution in [0, 0.1) is 0 Å². The van der Waals surface area contributed by atoms with Crippen LogP contribution in [0.5, 0.6) is 5.75 Å². The number of aromatic hydroxyl groups is 1. The Morgan fingerprint density at radius 2 is 2.00 bits per heavy atom. The number of benzene rings is 1. The summed E-state index contributed by atoms with van der Waals surface area (Å²) >= 11 is 3.30. The number of fused-ring (bicyclic) bond motifs is 1. The van der Waals surface area contributed by atoms with E-state index in [0.29, 0.717) is 24.1 Å². The van der Waals surface area contributed by atoms with Crippen LogP contribution in [-0.4, -0.2) is 49.1 Å². The quantitative estimate of drug-likeness (QED) is 0.867. The topological polar surface area (TPSA) is 79.7 Å². The van der Waals surface area contributed by atoms with Crippen LogP contribution in [-0.2, 0) is 14.8 Å². The maximum absolute atomic E-state index is 12.6. The standard InChI is InChI=1S/C13H13BrN2O4S/c14-9-1-2-11-10(7-9)13(17)12(8-15-11)21(18,19)16-3-5-20-6-4-16/h1-2,7-8H,3-6H2,(H,15,17). The van der Waals surface area contributed by atoms with Gasteiger partial charge < -0.3 is 9.84 Å². The van der Waals surface area contributed by atoms with Crippen LogP contribution in [0.1, 0.15) is 0 Å². The summed E-state index contributed by atoms with van der Waals surface area (Å²) in [5.74, 6) is -0.271. The van der Waals surface area contributed by atoms with Crippen molar-refractivity contribution >= 4 is 36.9 Å². The van der Waals surface area contributed by atoms with Crippen LogP contribution in [0.25, 0.3) is 10.9 Å². The fraction of sp³-hybridized carbons (Fsp3) is 0.308. The van der Waals surface area contributed by atoms with Gasteiger partial charge in [0.25, 0.3) is 0 Å². The molecule has 3 rings (SSSR count). The first kappa shape index (κ1) is 14.7. The van der Waals surface area contributed by atoms with E-state index in [-0.39, 0.29) is 23.7 Å². The Labute approximate surface area is 130 Å². The number of morpholine rings is 1. The molecule has 0 bridgehead atoms. The zero-order valence-corrected chi connectivity index (χ0v) is 13.4. The van der Waals surface area contributed by atoms with E-state index in [1.165, 1.54) is 10.5 Å². The van der Waals surface area contributed by atoms with Gasteiger partial charge in [-0.1, -0.05) is 15.9 Å². The van der Waals surface area contributed by atoms with Gasteiger partial charge in [0.1, 0.15) is 10.6 Å². The average Bonchev–Trinajstić information content (AvgIpc) is 2.49. The van der Waals surface area contributed by atoms with Crippen molar-refractivity contribution in [1.29, 1.82) is 0 Å². The predicted octanol–water partition coefficient (Wildman–Crippen LogP) is 1.72. The van der Waals surface area contributed by atoms with Crippen molar-refractivity contribution in [3.8, 4) is 5.75 Å². The van der Waals surface area contributed by atoms with Gasteiger partial charge in [0.15, 0.2) is 0 Å². The van der Waals surface area contributed by atoms with Crippen molar-refractivity contribution in [2.24, 2.45) is 0 Å². The van der Waals surface area contributed by atoms with Crippen LogP contribution in [0.15, 0.2) is 33.8 Å². The lowest BCUT2D eigenvalue weighted by atomic mass is 10.2. The molecule has 0 amide bonds. The summed E-state index contributed by atoms with van der Waals surface area (Å²) in [5.41, 5.74) is 0.539. The van der Waals surface area contributed by atoms with Crippen LogP contribution < -0.4 is 0 Å². The maximum atomic E-state index is 12.6. The zero-order valence-electron chi connectivity index (χ0n) is 11.0. The van der Waals surface area contributed by atoms with Gasteiger partial charge in [-0.2, -0.15) is 4.31 Å². The summed E-state index contributed by atoms with van der Waals surface area (Å²) in [6, 6.07) is 5.14. The van der Waals surface area contributed by atoms with E-state index in [9.17, 15) is 13.5 Å². The minimum Gasteiger partial charge on any atom is -0.506 e. The van der Waals surface area contributed by atoms with E-state index >= 15 is 0 Å². The van der Waals surface area contributed by atoms with Crippen molar-refractivity contribution in [3.05, 3.63) is 28.9 Å². The molecule has 0 aliphatic carbocycles. The Morgan fingerprint density at radius 3 is 2.71 bits per heavy atom. The highest BCUT2D eigenvalue weighted by molar-refractivity contribution is 9.10. The summed E-state index contributed by atoms with van der Waals surface area (Å²) in [7, 11) is -3.77. The number of ether oxygens (including phenoxy) is 1. The highest BCUT2D eigenvalue weighted by Gasteiger charge is 2.30. The van der Waals surface area contributed by atoms with Gasteiger partial charge in [-0.15, -0.1) is 0 Å². The molecule has 0 radical (unpaired) electrons. The van der Waals surface area contributed by atoms with Crippen LogP contribution in [0.4, 0.5) is 0 Å². The molecule has 0 saturated carbocycles. The van der Waals surface area contributed by atoms with Crippen LogP contribution in [0.2, 0.25) is 0 Å². The minimum atomic E-state index is -3.77. The monoisotopic (exact) mass is 372 g/mol. The van der Waals surface area contributed by atoms with Gasteiger partial charge >= 0.3 is 0 Å². The van der Waals surface area contributed by atoms with Crippen molar-refractivity contribution in [2.45, 2.75) is 4.90 Å². The van der Waals surface area contributed by atoms with Crippen molar-refractivity contribution < 1.29 is 18.3 Å². The molecule has 21 heavy (non-hydrogen) atoms. The van der Waals surface area contributed by atoms with Crippen LogP contribution >= 0.6 is 15.9 Å². The summed E-state index contributed by atoms with van der Waals surface area (Å²) in [6.07, 6.45) is 1.20. The molecular formula is C13H13BrN2O4S. The second-order valence-electron chi connectivity index (χ2n) is 4.65. The fourth-order valence-electron chi connectivity index (χ4n) is 2.25. The molecule has 1 N–H and O–H groups in total. The van der Waals surface area contributed by atoms with Gasteiger partial charge in [0, 0.05) is 22.9 Å². The Morgan fingerprint density at radius 1 is 1.29 bits per heavy atom. The third-order valence-corrected chi connectivity index (χ3v) is 5.75. The normalized spacial score (nSPS) is 17.2. The number of pyridine rings is 1.